The molecule has 5 heteroatoms. The number of benzene rings is 1. The zero-order valence-corrected chi connectivity index (χ0v) is 11.8. The standard InChI is InChI=1S/C15H19NO4/c1-10-4-3-5-13(11(10)2)19-9-15(18)20-8-14(17)16-12-6-7-12/h3-5,12H,6-9H2,1-2H3,(H,16,17). The minimum atomic E-state index is -0.545. The van der Waals surface area contributed by atoms with Crippen LogP contribution in [0.25, 0.3) is 0 Å². The fourth-order valence-electron chi connectivity index (χ4n) is 1.70. The molecule has 1 fully saturated rings. The van der Waals surface area contributed by atoms with E-state index in [1.807, 2.05) is 26.0 Å². The number of rotatable bonds is 6. The molecule has 0 saturated heterocycles. The highest BCUT2D eigenvalue weighted by Crippen LogP contribution is 2.20. The first-order chi connectivity index (χ1) is 9.56. The lowest BCUT2D eigenvalue weighted by molar-refractivity contribution is -0.150. The largest absolute Gasteiger partial charge is 0.482 e. The molecule has 0 spiro atoms. The van der Waals surface area contributed by atoms with E-state index in [4.69, 9.17) is 9.47 Å². The van der Waals surface area contributed by atoms with Gasteiger partial charge in [0.05, 0.1) is 0 Å². The Kier molecular flexibility index (Phi) is 4.61. The van der Waals surface area contributed by atoms with E-state index in [-0.39, 0.29) is 25.2 Å². The van der Waals surface area contributed by atoms with E-state index in [0.29, 0.717) is 5.75 Å². The van der Waals surface area contributed by atoms with E-state index in [2.05, 4.69) is 5.32 Å². The minimum absolute atomic E-state index is 0.193. The van der Waals surface area contributed by atoms with Crippen LogP contribution in [0.3, 0.4) is 0 Å². The van der Waals surface area contributed by atoms with Crippen molar-refractivity contribution in [3.8, 4) is 5.75 Å². The van der Waals surface area contributed by atoms with Crippen LogP contribution >= 0.6 is 0 Å². The Hall–Kier alpha value is -2.04. The molecule has 0 heterocycles. The van der Waals surface area contributed by atoms with Crippen molar-refractivity contribution in [2.75, 3.05) is 13.2 Å². The molecule has 1 aromatic rings. The smallest absolute Gasteiger partial charge is 0.344 e. The van der Waals surface area contributed by atoms with Gasteiger partial charge in [0, 0.05) is 6.04 Å². The molecule has 0 aliphatic heterocycles. The molecule has 0 atom stereocenters. The fraction of sp³-hybridized carbons (Fsp3) is 0.467. The molecular weight excluding hydrogens is 258 g/mol. The van der Waals surface area contributed by atoms with Gasteiger partial charge in [-0.25, -0.2) is 4.79 Å². The number of carbonyl (C=O) groups is 2. The van der Waals surface area contributed by atoms with Crippen LogP contribution in [0.5, 0.6) is 5.75 Å². The molecule has 1 aromatic carbocycles. The maximum absolute atomic E-state index is 11.5. The molecule has 0 unspecified atom stereocenters. The van der Waals surface area contributed by atoms with Crippen LogP contribution in [0.4, 0.5) is 0 Å². The van der Waals surface area contributed by atoms with Crippen molar-refractivity contribution in [2.45, 2.75) is 32.7 Å². The maximum Gasteiger partial charge on any atom is 0.344 e. The molecule has 1 aliphatic rings. The summed E-state index contributed by atoms with van der Waals surface area (Å²) in [7, 11) is 0. The van der Waals surface area contributed by atoms with Gasteiger partial charge in [-0.15, -0.1) is 0 Å². The van der Waals surface area contributed by atoms with Gasteiger partial charge in [-0.05, 0) is 43.9 Å². The van der Waals surface area contributed by atoms with E-state index in [1.54, 1.807) is 6.07 Å². The first-order valence-corrected chi connectivity index (χ1v) is 6.70. The summed E-state index contributed by atoms with van der Waals surface area (Å²) in [6.07, 6.45) is 2.02. The van der Waals surface area contributed by atoms with Crippen molar-refractivity contribution < 1.29 is 19.1 Å². The highest BCUT2D eigenvalue weighted by Gasteiger charge is 2.23. The first-order valence-electron chi connectivity index (χ1n) is 6.70. The fourth-order valence-corrected chi connectivity index (χ4v) is 1.70. The lowest BCUT2D eigenvalue weighted by atomic mass is 10.1. The lowest BCUT2D eigenvalue weighted by Crippen LogP contribution is -2.31. The summed E-state index contributed by atoms with van der Waals surface area (Å²) in [6.45, 7) is 3.47. The summed E-state index contributed by atoms with van der Waals surface area (Å²) in [5, 5.41) is 2.74. The number of hydrogen-bond acceptors (Lipinski definition) is 4. The Morgan fingerprint density at radius 3 is 2.70 bits per heavy atom. The average molecular weight is 277 g/mol. The number of esters is 1. The van der Waals surface area contributed by atoms with Crippen molar-refractivity contribution in [2.24, 2.45) is 0 Å². The molecule has 1 N–H and O–H groups in total. The number of nitrogens with one attached hydrogen (secondary N) is 1. The molecule has 0 aromatic heterocycles. The minimum Gasteiger partial charge on any atom is -0.482 e. The van der Waals surface area contributed by atoms with Gasteiger partial charge in [0.2, 0.25) is 0 Å². The Balaban J connectivity index is 1.71. The van der Waals surface area contributed by atoms with E-state index >= 15 is 0 Å². The Bertz CT molecular complexity index is 509. The maximum atomic E-state index is 11.5. The van der Waals surface area contributed by atoms with Crippen molar-refractivity contribution in [3.05, 3.63) is 29.3 Å². The van der Waals surface area contributed by atoms with Gasteiger partial charge in [-0.1, -0.05) is 12.1 Å². The van der Waals surface area contributed by atoms with Crippen LogP contribution in [-0.2, 0) is 14.3 Å². The number of amides is 1. The summed E-state index contributed by atoms with van der Waals surface area (Å²) in [5.74, 6) is -0.145. The van der Waals surface area contributed by atoms with Gasteiger partial charge in [0.1, 0.15) is 5.75 Å². The summed E-state index contributed by atoms with van der Waals surface area (Å²) < 4.78 is 10.2. The van der Waals surface area contributed by atoms with Crippen LogP contribution in [0.15, 0.2) is 18.2 Å². The molecule has 2 rings (SSSR count). The normalized spacial score (nSPS) is 13.7. The Morgan fingerprint density at radius 2 is 2.00 bits per heavy atom. The molecule has 1 saturated carbocycles. The lowest BCUT2D eigenvalue weighted by Gasteiger charge is -2.10. The third-order valence-electron chi connectivity index (χ3n) is 3.21. The average Bonchev–Trinajstić information content (AvgIpc) is 3.22. The molecule has 5 nitrogen and oxygen atoms in total. The Morgan fingerprint density at radius 1 is 1.25 bits per heavy atom. The van der Waals surface area contributed by atoms with Crippen LogP contribution in [-0.4, -0.2) is 31.1 Å². The van der Waals surface area contributed by atoms with Gasteiger partial charge in [-0.2, -0.15) is 0 Å². The van der Waals surface area contributed by atoms with Crippen LogP contribution in [0, 0.1) is 13.8 Å². The Labute approximate surface area is 118 Å². The molecule has 1 amide bonds. The monoisotopic (exact) mass is 277 g/mol. The molecule has 0 bridgehead atoms. The summed E-state index contributed by atoms with van der Waals surface area (Å²) >= 11 is 0. The number of aryl methyl sites for hydroxylation is 1. The van der Waals surface area contributed by atoms with Crippen molar-refractivity contribution in [3.63, 3.8) is 0 Å². The van der Waals surface area contributed by atoms with Crippen LogP contribution < -0.4 is 10.1 Å². The van der Waals surface area contributed by atoms with E-state index in [9.17, 15) is 9.59 Å². The van der Waals surface area contributed by atoms with Gasteiger partial charge < -0.3 is 14.8 Å². The first kappa shape index (κ1) is 14.4. The molecule has 108 valence electrons. The highest BCUT2D eigenvalue weighted by molar-refractivity contribution is 5.81. The van der Waals surface area contributed by atoms with Gasteiger partial charge in [0.15, 0.2) is 13.2 Å². The second kappa shape index (κ2) is 6.41. The van der Waals surface area contributed by atoms with Crippen LogP contribution in [0.2, 0.25) is 0 Å². The van der Waals surface area contributed by atoms with E-state index in [1.165, 1.54) is 0 Å². The van der Waals surface area contributed by atoms with Crippen molar-refractivity contribution in [1.82, 2.24) is 5.32 Å². The molecule has 20 heavy (non-hydrogen) atoms. The summed E-state index contributed by atoms with van der Waals surface area (Å²) in [4.78, 5) is 22.8. The molecular formula is C15H19NO4. The molecule has 0 radical (unpaired) electrons. The number of hydrogen-bond donors (Lipinski definition) is 1. The van der Waals surface area contributed by atoms with Crippen LogP contribution in [0.1, 0.15) is 24.0 Å². The SMILES string of the molecule is Cc1cccc(OCC(=O)OCC(=O)NC2CC2)c1C. The van der Waals surface area contributed by atoms with Gasteiger partial charge >= 0.3 is 5.97 Å². The van der Waals surface area contributed by atoms with E-state index < -0.39 is 5.97 Å². The zero-order chi connectivity index (χ0) is 14.5. The third-order valence-corrected chi connectivity index (χ3v) is 3.21. The van der Waals surface area contributed by atoms with Gasteiger partial charge in [0.25, 0.3) is 5.91 Å². The number of ether oxygens (including phenoxy) is 2. The second-order valence-corrected chi connectivity index (χ2v) is 4.99. The second-order valence-electron chi connectivity index (χ2n) is 4.99. The van der Waals surface area contributed by atoms with Gasteiger partial charge in [-0.3, -0.25) is 4.79 Å². The summed E-state index contributed by atoms with van der Waals surface area (Å²) in [5.41, 5.74) is 2.09. The zero-order valence-electron chi connectivity index (χ0n) is 11.8. The van der Waals surface area contributed by atoms with Crippen molar-refractivity contribution in [1.29, 1.82) is 0 Å². The summed E-state index contributed by atoms with van der Waals surface area (Å²) in [6, 6.07) is 5.91. The quantitative estimate of drug-likeness (QED) is 0.800. The topological polar surface area (TPSA) is 64.6 Å². The third kappa shape index (κ3) is 4.26. The predicted octanol–water partition coefficient (Wildman–Crippen LogP) is 1.50. The molecule has 1 aliphatic carbocycles. The predicted molar refractivity (Wildman–Crippen MR) is 73.5 cm³/mol. The highest BCUT2D eigenvalue weighted by atomic mass is 16.6. The van der Waals surface area contributed by atoms with Crippen molar-refractivity contribution >= 4 is 11.9 Å². The van der Waals surface area contributed by atoms with E-state index in [0.717, 1.165) is 24.0 Å². The number of carbonyl (C=O) groups excluding carboxylic acids is 2.